The molecule has 4 nitrogen and oxygen atoms in total. The van der Waals surface area contributed by atoms with Gasteiger partial charge in [0.15, 0.2) is 35.9 Å². The molecule has 14 heavy (non-hydrogen) atoms. The lowest BCUT2D eigenvalue weighted by molar-refractivity contribution is 0.417. The van der Waals surface area contributed by atoms with Crippen LogP contribution in [0.15, 0.2) is 36.8 Å². The second-order valence-electron chi connectivity index (χ2n) is 2.15. The molecule has 0 aliphatic carbocycles. The first-order chi connectivity index (χ1) is 6.88. The van der Waals surface area contributed by atoms with Gasteiger partial charge in [-0.1, -0.05) is 12.1 Å². The summed E-state index contributed by atoms with van der Waals surface area (Å²) >= 11 is 0. The topological polar surface area (TPSA) is 52.6 Å². The lowest BCUT2D eigenvalue weighted by Crippen LogP contribution is -1.88. The Hall–Kier alpha value is -2.28. The second kappa shape index (κ2) is 5.38. The van der Waals surface area contributed by atoms with Crippen LogP contribution < -0.4 is 9.47 Å². The number of hydrogen-bond acceptors (Lipinski definition) is 4. The number of rotatable bonds is 4. The van der Waals surface area contributed by atoms with Gasteiger partial charge in [0.25, 0.3) is 0 Å². The average Bonchev–Trinajstić information content (AvgIpc) is 2.24. The SMILES string of the molecule is O=C=COc1ccccc1OC=C=O. The van der Waals surface area contributed by atoms with E-state index in [4.69, 9.17) is 9.47 Å². The Morgan fingerprint density at radius 3 is 1.71 bits per heavy atom. The van der Waals surface area contributed by atoms with Crippen LogP contribution in [0, 0.1) is 0 Å². The zero-order valence-electron chi connectivity index (χ0n) is 7.10. The summed E-state index contributed by atoms with van der Waals surface area (Å²) in [5, 5.41) is 0. The highest BCUT2D eigenvalue weighted by atomic mass is 16.5. The average molecular weight is 190 g/mol. The summed E-state index contributed by atoms with van der Waals surface area (Å²) in [6.07, 6.45) is 1.71. The standard InChI is InChI=1S/C10H6O4/c11-5-7-13-9-3-1-2-4-10(9)14-8-6-12/h1-4,7-8H. The highest BCUT2D eigenvalue weighted by Gasteiger charge is 2.00. The molecule has 0 amide bonds. The maximum absolute atomic E-state index is 9.89. The Morgan fingerprint density at radius 2 is 1.36 bits per heavy atom. The minimum atomic E-state index is 0.322. The quantitative estimate of drug-likeness (QED) is 0.527. The normalized spacial score (nSPS) is 8.00. The van der Waals surface area contributed by atoms with Crippen molar-refractivity contribution in [1.82, 2.24) is 0 Å². The molecule has 0 saturated heterocycles. The number of benzene rings is 1. The van der Waals surface area contributed by atoms with E-state index >= 15 is 0 Å². The van der Waals surface area contributed by atoms with Gasteiger partial charge in [-0.2, -0.15) is 0 Å². The van der Waals surface area contributed by atoms with Gasteiger partial charge >= 0.3 is 0 Å². The van der Waals surface area contributed by atoms with Crippen LogP contribution in [0.4, 0.5) is 0 Å². The highest BCUT2D eigenvalue weighted by molar-refractivity contribution is 5.48. The smallest absolute Gasteiger partial charge is 0.175 e. The summed E-state index contributed by atoms with van der Waals surface area (Å²) in [4.78, 5) is 19.8. The van der Waals surface area contributed by atoms with E-state index in [1.54, 1.807) is 24.3 Å². The van der Waals surface area contributed by atoms with Crippen LogP contribution in [0.25, 0.3) is 0 Å². The largest absolute Gasteiger partial charge is 0.449 e. The minimum Gasteiger partial charge on any atom is -0.449 e. The molecular formula is C10H6O4. The monoisotopic (exact) mass is 190 g/mol. The Bertz CT molecular complexity index is 359. The molecule has 4 heteroatoms. The van der Waals surface area contributed by atoms with Crippen molar-refractivity contribution in [2.45, 2.75) is 0 Å². The Kier molecular flexibility index (Phi) is 3.77. The molecule has 0 atom stereocenters. The fourth-order valence-corrected chi connectivity index (χ4v) is 0.820. The molecule has 1 aromatic carbocycles. The molecule has 1 rings (SSSR count). The third-order valence-corrected chi connectivity index (χ3v) is 1.32. The fourth-order valence-electron chi connectivity index (χ4n) is 0.820. The van der Waals surface area contributed by atoms with Gasteiger partial charge in [0.05, 0.1) is 0 Å². The Labute approximate surface area is 80.1 Å². The van der Waals surface area contributed by atoms with Gasteiger partial charge in [-0.15, -0.1) is 0 Å². The molecule has 0 spiro atoms. The highest BCUT2D eigenvalue weighted by Crippen LogP contribution is 2.26. The molecule has 0 bridgehead atoms. The van der Waals surface area contributed by atoms with Gasteiger partial charge in [0.2, 0.25) is 0 Å². The molecule has 0 saturated carbocycles. The summed E-state index contributed by atoms with van der Waals surface area (Å²) in [5.41, 5.74) is 0. The minimum absolute atomic E-state index is 0.322. The van der Waals surface area contributed by atoms with E-state index in [-0.39, 0.29) is 0 Å². The van der Waals surface area contributed by atoms with Crippen LogP contribution in [0.1, 0.15) is 0 Å². The van der Waals surface area contributed by atoms with Crippen molar-refractivity contribution in [3.63, 3.8) is 0 Å². The van der Waals surface area contributed by atoms with Crippen molar-refractivity contribution >= 4 is 11.9 Å². The summed E-state index contributed by atoms with van der Waals surface area (Å²) in [5.74, 6) is 3.56. The van der Waals surface area contributed by atoms with Crippen LogP contribution in [-0.2, 0) is 9.59 Å². The van der Waals surface area contributed by atoms with E-state index in [2.05, 4.69) is 0 Å². The predicted octanol–water partition coefficient (Wildman–Crippen LogP) is 1.13. The van der Waals surface area contributed by atoms with Gasteiger partial charge in [-0.25, -0.2) is 9.59 Å². The first-order valence-corrected chi connectivity index (χ1v) is 3.69. The van der Waals surface area contributed by atoms with Crippen molar-refractivity contribution in [2.24, 2.45) is 0 Å². The molecule has 0 fully saturated rings. The van der Waals surface area contributed by atoms with Crippen molar-refractivity contribution < 1.29 is 19.1 Å². The van der Waals surface area contributed by atoms with E-state index in [1.165, 1.54) is 11.9 Å². The van der Waals surface area contributed by atoms with E-state index in [1.807, 2.05) is 0 Å². The fraction of sp³-hybridized carbons (Fsp3) is 0. The Balaban J connectivity index is 2.89. The van der Waals surface area contributed by atoms with E-state index in [0.717, 1.165) is 12.5 Å². The van der Waals surface area contributed by atoms with Crippen LogP contribution >= 0.6 is 0 Å². The number of ether oxygens (including phenoxy) is 2. The predicted molar refractivity (Wildman–Crippen MR) is 48.2 cm³/mol. The van der Waals surface area contributed by atoms with Crippen LogP contribution in [0.3, 0.4) is 0 Å². The maximum Gasteiger partial charge on any atom is 0.175 e. The molecule has 70 valence electrons. The van der Waals surface area contributed by atoms with Crippen molar-refractivity contribution in [2.75, 3.05) is 0 Å². The number of hydrogen-bond donors (Lipinski definition) is 0. The third-order valence-electron chi connectivity index (χ3n) is 1.32. The summed E-state index contributed by atoms with van der Waals surface area (Å²) < 4.78 is 9.72. The lowest BCUT2D eigenvalue weighted by atomic mass is 10.3. The van der Waals surface area contributed by atoms with Crippen LogP contribution in [-0.4, -0.2) is 11.9 Å². The molecule has 0 unspecified atom stereocenters. The molecule has 0 heterocycles. The van der Waals surface area contributed by atoms with Gasteiger partial charge in [-0.05, 0) is 12.1 Å². The summed E-state index contributed by atoms with van der Waals surface area (Å²) in [7, 11) is 0. The zero-order chi connectivity index (χ0) is 10.2. The number of para-hydroxylation sites is 2. The molecular weight excluding hydrogens is 184 g/mol. The van der Waals surface area contributed by atoms with Crippen LogP contribution in [0.2, 0.25) is 0 Å². The molecule has 0 N–H and O–H groups in total. The molecule has 0 aromatic heterocycles. The van der Waals surface area contributed by atoms with E-state index in [0.29, 0.717) is 11.5 Å². The molecule has 1 aromatic rings. The Morgan fingerprint density at radius 1 is 0.929 bits per heavy atom. The first-order valence-electron chi connectivity index (χ1n) is 3.69. The van der Waals surface area contributed by atoms with Gasteiger partial charge < -0.3 is 9.47 Å². The van der Waals surface area contributed by atoms with Gasteiger partial charge in [0.1, 0.15) is 0 Å². The van der Waals surface area contributed by atoms with Gasteiger partial charge in [-0.3, -0.25) is 0 Å². The molecule has 0 radical (unpaired) electrons. The van der Waals surface area contributed by atoms with E-state index in [9.17, 15) is 9.59 Å². The lowest BCUT2D eigenvalue weighted by Gasteiger charge is -2.04. The van der Waals surface area contributed by atoms with Crippen molar-refractivity contribution in [3.8, 4) is 11.5 Å². The van der Waals surface area contributed by atoms with E-state index < -0.39 is 0 Å². The molecule has 0 aliphatic heterocycles. The van der Waals surface area contributed by atoms with Crippen LogP contribution in [0.5, 0.6) is 11.5 Å². The number of carbonyl (C=O) groups excluding carboxylic acids is 2. The molecule has 0 aliphatic rings. The van der Waals surface area contributed by atoms with Crippen molar-refractivity contribution in [1.29, 1.82) is 0 Å². The van der Waals surface area contributed by atoms with Crippen molar-refractivity contribution in [3.05, 3.63) is 36.8 Å². The van der Waals surface area contributed by atoms with Gasteiger partial charge in [0, 0.05) is 0 Å². The second-order valence-corrected chi connectivity index (χ2v) is 2.15. The third kappa shape index (κ3) is 2.64. The summed E-state index contributed by atoms with van der Waals surface area (Å²) in [6.45, 7) is 0. The zero-order valence-corrected chi connectivity index (χ0v) is 7.10. The summed E-state index contributed by atoms with van der Waals surface area (Å²) in [6, 6.07) is 6.57. The maximum atomic E-state index is 9.89. The first kappa shape index (κ1) is 9.81.